The first-order valence-electron chi connectivity index (χ1n) is 8.17. The average Bonchev–Trinajstić information content (AvgIpc) is 3.08. The number of piperidine rings is 1. The molecule has 1 fully saturated rings. The molecule has 1 aromatic heterocycles. The predicted molar refractivity (Wildman–Crippen MR) is 90.5 cm³/mol. The second-order valence-electron chi connectivity index (χ2n) is 6.16. The van der Waals surface area contributed by atoms with Crippen molar-refractivity contribution < 1.29 is 9.59 Å². The van der Waals surface area contributed by atoms with Gasteiger partial charge in [0.25, 0.3) is 5.91 Å². The molecule has 0 aliphatic carbocycles. The topological polar surface area (TPSA) is 105 Å². The summed E-state index contributed by atoms with van der Waals surface area (Å²) in [4.78, 5) is 30.1. The van der Waals surface area contributed by atoms with E-state index in [1.807, 2.05) is 6.07 Å². The fraction of sp³-hybridized carbons (Fsp3) is 0.333. The molecule has 0 spiro atoms. The molecule has 2 aromatic rings. The second kappa shape index (κ2) is 7.18. The lowest BCUT2D eigenvalue weighted by molar-refractivity contribution is -0.118. The van der Waals surface area contributed by atoms with Crippen LogP contribution in [0.5, 0.6) is 0 Å². The summed E-state index contributed by atoms with van der Waals surface area (Å²) in [5.41, 5.74) is 6.38. The van der Waals surface area contributed by atoms with Crippen LogP contribution in [-0.2, 0) is 11.3 Å². The minimum atomic E-state index is -0.416. The Balaban J connectivity index is 1.74. The molecular formula is C18H19N5O2. The molecule has 0 unspecified atom stereocenters. The Morgan fingerprint density at radius 2 is 2.08 bits per heavy atom. The normalized spacial score (nSPS) is 17.1. The molecule has 0 bridgehead atoms. The van der Waals surface area contributed by atoms with Crippen LogP contribution < -0.4 is 5.73 Å². The third-order valence-corrected chi connectivity index (χ3v) is 4.41. The van der Waals surface area contributed by atoms with Crippen molar-refractivity contribution in [3.8, 4) is 6.07 Å². The Hall–Kier alpha value is -3.14. The summed E-state index contributed by atoms with van der Waals surface area (Å²) in [6.45, 7) is 1.33. The van der Waals surface area contributed by atoms with Crippen LogP contribution in [0.15, 0.2) is 36.7 Å². The number of rotatable bonds is 4. The number of nitrogens with two attached hydrogens (primary N) is 1. The number of amides is 2. The van der Waals surface area contributed by atoms with Gasteiger partial charge in [-0.15, -0.1) is 0 Å². The highest BCUT2D eigenvalue weighted by molar-refractivity contribution is 5.94. The Bertz CT molecular complexity index is 819. The predicted octanol–water partition coefficient (Wildman–Crippen LogP) is 1.26. The molecule has 1 aromatic carbocycles. The van der Waals surface area contributed by atoms with Gasteiger partial charge in [0.05, 0.1) is 11.6 Å². The van der Waals surface area contributed by atoms with E-state index in [0.29, 0.717) is 24.2 Å². The number of nitrogens with zero attached hydrogens (tertiary/aromatic N) is 4. The summed E-state index contributed by atoms with van der Waals surface area (Å²) in [5, 5.41) is 8.86. The van der Waals surface area contributed by atoms with E-state index in [-0.39, 0.29) is 18.4 Å². The molecule has 25 heavy (non-hydrogen) atoms. The number of carbonyl (C=O) groups is 2. The van der Waals surface area contributed by atoms with Gasteiger partial charge in [-0.05, 0) is 37.1 Å². The van der Waals surface area contributed by atoms with E-state index in [9.17, 15) is 9.59 Å². The van der Waals surface area contributed by atoms with Crippen LogP contribution in [0.4, 0.5) is 0 Å². The first-order valence-corrected chi connectivity index (χ1v) is 8.17. The first-order chi connectivity index (χ1) is 12.1. The van der Waals surface area contributed by atoms with Gasteiger partial charge in [0.2, 0.25) is 5.91 Å². The Morgan fingerprint density at radius 1 is 1.32 bits per heavy atom. The molecule has 7 heteroatoms. The molecule has 2 heterocycles. The van der Waals surface area contributed by atoms with Crippen LogP contribution >= 0.6 is 0 Å². The van der Waals surface area contributed by atoms with Gasteiger partial charge in [0.1, 0.15) is 12.4 Å². The van der Waals surface area contributed by atoms with Crippen LogP contribution in [0.2, 0.25) is 0 Å². The maximum absolute atomic E-state index is 12.7. The summed E-state index contributed by atoms with van der Waals surface area (Å²) in [6, 6.07) is 8.70. The lowest BCUT2D eigenvalue weighted by Crippen LogP contribution is -2.40. The number of aromatic nitrogens is 2. The zero-order valence-electron chi connectivity index (χ0n) is 13.8. The smallest absolute Gasteiger partial charge is 0.253 e. The fourth-order valence-electron chi connectivity index (χ4n) is 3.22. The van der Waals surface area contributed by atoms with Gasteiger partial charge >= 0.3 is 0 Å². The number of nitriles is 1. The van der Waals surface area contributed by atoms with E-state index < -0.39 is 5.91 Å². The summed E-state index contributed by atoms with van der Waals surface area (Å²) < 4.78 is 1.75. The van der Waals surface area contributed by atoms with E-state index in [1.165, 1.54) is 0 Å². The quantitative estimate of drug-likeness (QED) is 0.906. The van der Waals surface area contributed by atoms with E-state index in [0.717, 1.165) is 18.7 Å². The lowest BCUT2D eigenvalue weighted by Gasteiger charge is -2.32. The molecule has 1 saturated heterocycles. The molecule has 1 aliphatic rings. The third-order valence-electron chi connectivity index (χ3n) is 4.41. The van der Waals surface area contributed by atoms with Crippen molar-refractivity contribution in [2.45, 2.75) is 25.3 Å². The fourth-order valence-corrected chi connectivity index (χ4v) is 3.22. The van der Waals surface area contributed by atoms with Gasteiger partial charge in [0, 0.05) is 37.0 Å². The first kappa shape index (κ1) is 16.7. The molecule has 0 radical (unpaired) electrons. The number of hydrogen-bond acceptors (Lipinski definition) is 4. The second-order valence-corrected chi connectivity index (χ2v) is 6.16. The number of benzene rings is 1. The number of imidazole rings is 1. The zero-order valence-corrected chi connectivity index (χ0v) is 13.8. The van der Waals surface area contributed by atoms with Crippen molar-refractivity contribution >= 4 is 11.8 Å². The van der Waals surface area contributed by atoms with Gasteiger partial charge in [-0.3, -0.25) is 9.59 Å². The van der Waals surface area contributed by atoms with Crippen molar-refractivity contribution in [3.63, 3.8) is 0 Å². The van der Waals surface area contributed by atoms with Crippen LogP contribution in [-0.4, -0.2) is 39.4 Å². The Morgan fingerprint density at radius 3 is 2.76 bits per heavy atom. The van der Waals surface area contributed by atoms with E-state index in [4.69, 9.17) is 11.0 Å². The number of likely N-dealkylation sites (tertiary alicyclic amines) is 1. The third kappa shape index (κ3) is 3.69. The monoisotopic (exact) mass is 337 g/mol. The summed E-state index contributed by atoms with van der Waals surface area (Å²) >= 11 is 0. The Kier molecular flexibility index (Phi) is 4.80. The lowest BCUT2D eigenvalue weighted by atomic mass is 9.96. The van der Waals surface area contributed by atoms with Crippen molar-refractivity contribution in [2.24, 2.45) is 5.73 Å². The van der Waals surface area contributed by atoms with Crippen LogP contribution in [0.3, 0.4) is 0 Å². The van der Waals surface area contributed by atoms with Gasteiger partial charge in [-0.2, -0.15) is 5.26 Å². The van der Waals surface area contributed by atoms with Crippen LogP contribution in [0, 0.1) is 11.3 Å². The van der Waals surface area contributed by atoms with Crippen LogP contribution in [0.1, 0.15) is 40.5 Å². The van der Waals surface area contributed by atoms with E-state index in [2.05, 4.69) is 4.98 Å². The van der Waals surface area contributed by atoms with Gasteiger partial charge in [-0.1, -0.05) is 0 Å². The molecule has 2 N–H and O–H groups in total. The van der Waals surface area contributed by atoms with Crippen molar-refractivity contribution in [1.82, 2.24) is 14.5 Å². The molecule has 1 aliphatic heterocycles. The number of primary amides is 1. The zero-order chi connectivity index (χ0) is 17.8. The SMILES string of the molecule is N#Cc1ccc(C(=O)N2CCC[C@@H](c3nccn3CC(N)=O)C2)cc1. The highest BCUT2D eigenvalue weighted by Gasteiger charge is 2.28. The van der Waals surface area contributed by atoms with E-state index >= 15 is 0 Å². The van der Waals surface area contributed by atoms with Crippen molar-refractivity contribution in [3.05, 3.63) is 53.6 Å². The summed E-state index contributed by atoms with van der Waals surface area (Å²) in [5.74, 6) is 0.393. The maximum Gasteiger partial charge on any atom is 0.253 e. The van der Waals surface area contributed by atoms with Gasteiger partial charge in [0.15, 0.2) is 0 Å². The van der Waals surface area contributed by atoms with Crippen molar-refractivity contribution in [2.75, 3.05) is 13.1 Å². The van der Waals surface area contributed by atoms with Crippen molar-refractivity contribution in [1.29, 1.82) is 5.26 Å². The summed E-state index contributed by atoms with van der Waals surface area (Å²) in [6.07, 6.45) is 5.17. The van der Waals surface area contributed by atoms with Crippen LogP contribution in [0.25, 0.3) is 0 Å². The minimum Gasteiger partial charge on any atom is -0.368 e. The molecule has 1 atom stereocenters. The molecule has 0 saturated carbocycles. The maximum atomic E-state index is 12.7. The van der Waals surface area contributed by atoms with E-state index in [1.54, 1.807) is 46.1 Å². The summed E-state index contributed by atoms with van der Waals surface area (Å²) in [7, 11) is 0. The molecule has 7 nitrogen and oxygen atoms in total. The number of carbonyl (C=O) groups excluding carboxylic acids is 2. The molecule has 2 amide bonds. The minimum absolute atomic E-state index is 0.0535. The molecular weight excluding hydrogens is 318 g/mol. The van der Waals surface area contributed by atoms with Gasteiger partial charge in [-0.25, -0.2) is 4.98 Å². The highest BCUT2D eigenvalue weighted by Crippen LogP contribution is 2.27. The standard InChI is InChI=1S/C18H19N5O2/c19-10-13-3-5-14(6-4-13)18(25)23-8-1-2-15(11-23)17-21-7-9-22(17)12-16(20)24/h3-7,9,15H,1-2,8,11-12H2,(H2,20,24)/t15-/m1/s1. The number of hydrogen-bond donors (Lipinski definition) is 1. The average molecular weight is 337 g/mol. The van der Waals surface area contributed by atoms with Gasteiger partial charge < -0.3 is 15.2 Å². The largest absolute Gasteiger partial charge is 0.368 e. The molecule has 3 rings (SSSR count). The highest BCUT2D eigenvalue weighted by atomic mass is 16.2. The Labute approximate surface area is 145 Å². The molecule has 128 valence electrons.